The number of hydrogen-bond donors (Lipinski definition) is 1. The highest BCUT2D eigenvalue weighted by Crippen LogP contribution is 2.38. The van der Waals surface area contributed by atoms with Crippen LogP contribution in [0.25, 0.3) is 0 Å². The highest BCUT2D eigenvalue weighted by molar-refractivity contribution is 6.30. The van der Waals surface area contributed by atoms with E-state index in [0.717, 1.165) is 47.2 Å². The van der Waals surface area contributed by atoms with Gasteiger partial charge in [0.2, 0.25) is 0 Å². The molecule has 0 saturated carbocycles. The molecule has 1 heterocycles. The summed E-state index contributed by atoms with van der Waals surface area (Å²) in [6.45, 7) is 7.20. The first-order chi connectivity index (χ1) is 13.0. The number of hydrogen-bond acceptors (Lipinski definition) is 4. The van der Waals surface area contributed by atoms with Crippen molar-refractivity contribution < 1.29 is 9.47 Å². The third kappa shape index (κ3) is 4.75. The van der Waals surface area contributed by atoms with Crippen molar-refractivity contribution in [2.45, 2.75) is 26.3 Å². The lowest BCUT2D eigenvalue weighted by atomic mass is 9.88. The molecule has 0 saturated heterocycles. The summed E-state index contributed by atoms with van der Waals surface area (Å²) in [6, 6.07) is 10.5. The summed E-state index contributed by atoms with van der Waals surface area (Å²) in [5.74, 6) is 1.86. The average molecular weight is 389 g/mol. The number of aryl methyl sites for hydroxylation is 1. The van der Waals surface area contributed by atoms with Crippen LogP contribution in [0.15, 0.2) is 30.3 Å². The SMILES string of the molecule is CCOc1c(C)cc(Cl)cc1C1NCCc2cc(OCCN(C)C)ccc21. The molecule has 1 atom stereocenters. The number of fused-ring (bicyclic) bond motifs is 1. The molecule has 1 aliphatic heterocycles. The molecule has 0 amide bonds. The maximum atomic E-state index is 6.37. The Kier molecular flexibility index (Phi) is 6.64. The van der Waals surface area contributed by atoms with Crippen LogP contribution >= 0.6 is 11.6 Å². The number of halogens is 1. The van der Waals surface area contributed by atoms with E-state index in [1.807, 2.05) is 26.0 Å². The highest BCUT2D eigenvalue weighted by atomic mass is 35.5. The molecular weight excluding hydrogens is 360 g/mol. The topological polar surface area (TPSA) is 33.7 Å². The third-order valence-corrected chi connectivity index (χ3v) is 5.06. The summed E-state index contributed by atoms with van der Waals surface area (Å²) in [6.07, 6.45) is 0.986. The minimum atomic E-state index is 0.0727. The second-order valence-electron chi connectivity index (χ2n) is 7.22. The summed E-state index contributed by atoms with van der Waals surface area (Å²) in [5.41, 5.74) is 4.76. The zero-order valence-corrected chi connectivity index (χ0v) is 17.4. The van der Waals surface area contributed by atoms with Crippen LogP contribution in [0, 0.1) is 6.92 Å². The molecule has 2 aromatic carbocycles. The van der Waals surface area contributed by atoms with Gasteiger partial charge in [0.15, 0.2) is 0 Å². The molecule has 1 aliphatic rings. The third-order valence-electron chi connectivity index (χ3n) is 4.84. The average Bonchev–Trinajstić information content (AvgIpc) is 2.63. The van der Waals surface area contributed by atoms with Gasteiger partial charge in [0, 0.05) is 23.7 Å². The van der Waals surface area contributed by atoms with E-state index < -0.39 is 0 Å². The predicted octanol–water partition coefficient (Wildman–Crippen LogP) is 4.22. The highest BCUT2D eigenvalue weighted by Gasteiger charge is 2.25. The maximum absolute atomic E-state index is 6.37. The van der Waals surface area contributed by atoms with Crippen molar-refractivity contribution in [3.05, 3.63) is 57.6 Å². The summed E-state index contributed by atoms with van der Waals surface area (Å²) >= 11 is 6.37. The van der Waals surface area contributed by atoms with Crippen LogP contribution in [-0.4, -0.2) is 45.3 Å². The van der Waals surface area contributed by atoms with Gasteiger partial charge in [-0.1, -0.05) is 17.7 Å². The zero-order valence-electron chi connectivity index (χ0n) is 16.6. The normalized spacial score (nSPS) is 16.3. The Hall–Kier alpha value is -1.75. The summed E-state index contributed by atoms with van der Waals surface area (Å²) in [4.78, 5) is 2.12. The van der Waals surface area contributed by atoms with Gasteiger partial charge < -0.3 is 19.7 Å². The van der Waals surface area contributed by atoms with Crippen LogP contribution in [0.4, 0.5) is 0 Å². The number of ether oxygens (including phenoxy) is 2. The van der Waals surface area contributed by atoms with Gasteiger partial charge in [-0.15, -0.1) is 0 Å². The Balaban J connectivity index is 1.91. The lowest BCUT2D eigenvalue weighted by Crippen LogP contribution is -2.31. The van der Waals surface area contributed by atoms with E-state index in [0.29, 0.717) is 13.2 Å². The number of nitrogens with one attached hydrogen (secondary N) is 1. The molecule has 0 bridgehead atoms. The molecule has 5 heteroatoms. The zero-order chi connectivity index (χ0) is 19.4. The first-order valence-electron chi connectivity index (χ1n) is 9.56. The molecule has 4 nitrogen and oxygen atoms in total. The molecule has 0 fully saturated rings. The molecule has 3 rings (SSSR count). The van der Waals surface area contributed by atoms with E-state index in [2.05, 4.69) is 42.5 Å². The van der Waals surface area contributed by atoms with Crippen molar-refractivity contribution in [3.63, 3.8) is 0 Å². The fourth-order valence-corrected chi connectivity index (χ4v) is 3.85. The number of likely N-dealkylation sites (N-methyl/N-ethyl adjacent to an activating group) is 1. The number of nitrogens with zero attached hydrogens (tertiary/aromatic N) is 1. The first kappa shape index (κ1) is 20.0. The Labute approximate surface area is 167 Å². The minimum absolute atomic E-state index is 0.0727. The maximum Gasteiger partial charge on any atom is 0.127 e. The van der Waals surface area contributed by atoms with Crippen LogP contribution < -0.4 is 14.8 Å². The molecule has 0 spiro atoms. The van der Waals surface area contributed by atoms with Crippen LogP contribution in [0.3, 0.4) is 0 Å². The van der Waals surface area contributed by atoms with Crippen molar-refractivity contribution >= 4 is 11.6 Å². The smallest absolute Gasteiger partial charge is 0.127 e. The lowest BCUT2D eigenvalue weighted by molar-refractivity contribution is 0.261. The first-order valence-corrected chi connectivity index (χ1v) is 9.94. The molecular formula is C22H29ClN2O2. The Morgan fingerprint density at radius 1 is 1.15 bits per heavy atom. The van der Waals surface area contributed by atoms with E-state index in [9.17, 15) is 0 Å². The Morgan fingerprint density at radius 2 is 1.96 bits per heavy atom. The van der Waals surface area contributed by atoms with E-state index in [1.54, 1.807) is 0 Å². The van der Waals surface area contributed by atoms with Gasteiger partial charge in [-0.05, 0) is 75.3 Å². The van der Waals surface area contributed by atoms with E-state index in [1.165, 1.54) is 11.1 Å². The minimum Gasteiger partial charge on any atom is -0.493 e. The van der Waals surface area contributed by atoms with Crippen LogP contribution in [0.5, 0.6) is 11.5 Å². The second-order valence-corrected chi connectivity index (χ2v) is 7.66. The Bertz CT molecular complexity index is 792. The van der Waals surface area contributed by atoms with Gasteiger partial charge in [0.1, 0.15) is 18.1 Å². The van der Waals surface area contributed by atoms with Gasteiger partial charge in [-0.3, -0.25) is 0 Å². The van der Waals surface area contributed by atoms with E-state index in [4.69, 9.17) is 21.1 Å². The summed E-state index contributed by atoms with van der Waals surface area (Å²) < 4.78 is 11.9. The molecule has 27 heavy (non-hydrogen) atoms. The Morgan fingerprint density at radius 3 is 2.70 bits per heavy atom. The van der Waals surface area contributed by atoms with Gasteiger partial charge >= 0.3 is 0 Å². The van der Waals surface area contributed by atoms with Gasteiger partial charge in [-0.2, -0.15) is 0 Å². The van der Waals surface area contributed by atoms with E-state index >= 15 is 0 Å². The van der Waals surface area contributed by atoms with E-state index in [-0.39, 0.29) is 6.04 Å². The van der Waals surface area contributed by atoms with Crippen molar-refractivity contribution in [1.82, 2.24) is 10.2 Å². The van der Waals surface area contributed by atoms with Crippen LogP contribution in [0.2, 0.25) is 5.02 Å². The van der Waals surface area contributed by atoms with Gasteiger partial charge in [0.25, 0.3) is 0 Å². The monoisotopic (exact) mass is 388 g/mol. The molecule has 1 N–H and O–H groups in total. The summed E-state index contributed by atoms with van der Waals surface area (Å²) in [7, 11) is 4.10. The molecule has 0 radical (unpaired) electrons. The van der Waals surface area contributed by atoms with Crippen molar-refractivity contribution in [2.24, 2.45) is 0 Å². The molecule has 2 aromatic rings. The lowest BCUT2D eigenvalue weighted by Gasteiger charge is -2.30. The summed E-state index contributed by atoms with van der Waals surface area (Å²) in [5, 5.41) is 4.38. The quantitative estimate of drug-likeness (QED) is 0.769. The van der Waals surface area contributed by atoms with Crippen LogP contribution in [0.1, 0.15) is 35.2 Å². The molecule has 1 unspecified atom stereocenters. The second kappa shape index (κ2) is 8.96. The van der Waals surface area contributed by atoms with Crippen molar-refractivity contribution in [3.8, 4) is 11.5 Å². The van der Waals surface area contributed by atoms with Crippen molar-refractivity contribution in [1.29, 1.82) is 0 Å². The standard InChI is InChI=1S/C22H29ClN2O2/c1-5-26-22-15(2)12-17(23)14-20(22)21-19-7-6-18(27-11-10-25(3)4)13-16(19)8-9-24-21/h6-7,12-14,21,24H,5,8-11H2,1-4H3. The number of rotatable bonds is 7. The fourth-order valence-electron chi connectivity index (χ4n) is 3.57. The predicted molar refractivity (Wildman–Crippen MR) is 111 cm³/mol. The fraction of sp³-hybridized carbons (Fsp3) is 0.455. The van der Waals surface area contributed by atoms with Gasteiger partial charge in [0.05, 0.1) is 12.6 Å². The largest absolute Gasteiger partial charge is 0.493 e. The molecule has 0 aromatic heterocycles. The van der Waals surface area contributed by atoms with Crippen molar-refractivity contribution in [2.75, 3.05) is 40.4 Å². The van der Waals surface area contributed by atoms with Gasteiger partial charge in [-0.25, -0.2) is 0 Å². The number of benzene rings is 2. The van der Waals surface area contributed by atoms with Crippen LogP contribution in [-0.2, 0) is 6.42 Å². The molecule has 146 valence electrons. The molecule has 0 aliphatic carbocycles.